The molecule has 2 N–H and O–H groups in total. The minimum atomic E-state index is 0.662. The van der Waals surface area contributed by atoms with E-state index in [4.69, 9.17) is 0 Å². The van der Waals surface area contributed by atoms with Crippen molar-refractivity contribution in [1.82, 2.24) is 24.9 Å². The molecule has 0 bridgehead atoms. The highest BCUT2D eigenvalue weighted by Crippen LogP contribution is 2.26. The molecule has 0 aliphatic carbocycles. The van der Waals surface area contributed by atoms with Crippen LogP contribution in [-0.2, 0) is 0 Å². The summed E-state index contributed by atoms with van der Waals surface area (Å²) in [4.78, 5) is 24.9. The number of aromatic amines is 2. The van der Waals surface area contributed by atoms with Gasteiger partial charge in [-0.05, 0) is 54.6 Å². The Balaban J connectivity index is 1.50. The van der Waals surface area contributed by atoms with Gasteiger partial charge < -0.3 is 19.8 Å². The average Bonchev–Trinajstić information content (AvgIpc) is 3.35. The van der Waals surface area contributed by atoms with E-state index in [9.17, 15) is 0 Å². The van der Waals surface area contributed by atoms with Crippen LogP contribution in [0.5, 0.6) is 0 Å². The highest BCUT2D eigenvalue weighted by atomic mass is 15.1. The molecule has 0 spiro atoms. The lowest BCUT2D eigenvalue weighted by atomic mass is 10.2. The number of fused-ring (bicyclic) bond motifs is 2. The molecule has 7 heteroatoms. The summed E-state index contributed by atoms with van der Waals surface area (Å²) >= 11 is 0. The molecule has 0 aliphatic rings. The summed E-state index contributed by atoms with van der Waals surface area (Å²) in [7, 11) is 8.11. The van der Waals surface area contributed by atoms with Gasteiger partial charge in [0.05, 0.1) is 11.0 Å². The second-order valence-corrected chi connectivity index (χ2v) is 7.78. The molecule has 3 heterocycles. The average molecular weight is 397 g/mol. The molecule has 5 rings (SSSR count). The molecule has 0 saturated heterocycles. The number of hydrogen-bond acceptors (Lipinski definition) is 5. The zero-order valence-corrected chi connectivity index (χ0v) is 17.4. The monoisotopic (exact) mass is 397 g/mol. The molecule has 0 saturated carbocycles. The highest BCUT2D eigenvalue weighted by molar-refractivity contribution is 5.88. The van der Waals surface area contributed by atoms with Crippen LogP contribution in [0.1, 0.15) is 0 Å². The zero-order chi connectivity index (χ0) is 20.8. The summed E-state index contributed by atoms with van der Waals surface area (Å²) in [6, 6.07) is 18.6. The van der Waals surface area contributed by atoms with E-state index in [2.05, 4.69) is 83.3 Å². The Hall–Kier alpha value is -3.87. The van der Waals surface area contributed by atoms with Gasteiger partial charge in [0.1, 0.15) is 11.6 Å². The Labute approximate surface area is 174 Å². The SMILES string of the molecule is CN(C)c1ccc(-c2nc3nc4nc(-c5ccc(N(C)C)cc5)[nH]c4cc3[nH]2)cc1. The fraction of sp³-hybridized carbons (Fsp3) is 0.174. The Kier molecular flexibility index (Phi) is 4.17. The van der Waals surface area contributed by atoms with E-state index in [1.807, 2.05) is 34.3 Å². The zero-order valence-electron chi connectivity index (χ0n) is 17.4. The number of aromatic nitrogens is 5. The molecule has 2 aromatic carbocycles. The number of benzene rings is 2. The molecule has 150 valence electrons. The van der Waals surface area contributed by atoms with Gasteiger partial charge in [0, 0.05) is 50.7 Å². The molecule has 3 aromatic heterocycles. The van der Waals surface area contributed by atoms with Crippen LogP contribution in [0.15, 0.2) is 54.6 Å². The van der Waals surface area contributed by atoms with Gasteiger partial charge in [-0.2, -0.15) is 0 Å². The van der Waals surface area contributed by atoms with Crippen molar-refractivity contribution in [2.45, 2.75) is 0 Å². The van der Waals surface area contributed by atoms with E-state index in [0.717, 1.165) is 45.2 Å². The van der Waals surface area contributed by atoms with Crippen molar-refractivity contribution in [2.75, 3.05) is 38.0 Å². The number of nitrogens with zero attached hydrogens (tertiary/aromatic N) is 5. The van der Waals surface area contributed by atoms with Gasteiger partial charge in [-0.1, -0.05) is 0 Å². The standard InChI is InChI=1S/C23H23N7/c1-29(2)16-9-5-14(6-10-16)20-24-18-13-19-23(28-22(18)26-20)27-21(25-19)15-7-11-17(12-8-15)30(3)4/h5-13H,1-4H3,(H2,24,25,26,27,28). The molecule has 0 atom stereocenters. The van der Waals surface area contributed by atoms with Gasteiger partial charge >= 0.3 is 0 Å². The molecule has 7 nitrogen and oxygen atoms in total. The minimum Gasteiger partial charge on any atom is -0.378 e. The fourth-order valence-electron chi connectivity index (χ4n) is 3.48. The fourth-order valence-corrected chi connectivity index (χ4v) is 3.48. The number of pyridine rings is 1. The molecule has 0 unspecified atom stereocenters. The van der Waals surface area contributed by atoms with Crippen molar-refractivity contribution < 1.29 is 0 Å². The maximum atomic E-state index is 4.68. The maximum Gasteiger partial charge on any atom is 0.180 e. The summed E-state index contributed by atoms with van der Waals surface area (Å²) in [5.74, 6) is 1.60. The first kappa shape index (κ1) is 18.2. The summed E-state index contributed by atoms with van der Waals surface area (Å²) in [6.07, 6.45) is 0. The Morgan fingerprint density at radius 1 is 0.567 bits per heavy atom. The van der Waals surface area contributed by atoms with Crippen LogP contribution in [0, 0.1) is 0 Å². The van der Waals surface area contributed by atoms with Crippen molar-refractivity contribution in [3.05, 3.63) is 54.6 Å². The van der Waals surface area contributed by atoms with Crippen molar-refractivity contribution in [2.24, 2.45) is 0 Å². The van der Waals surface area contributed by atoms with Gasteiger partial charge in [-0.25, -0.2) is 15.0 Å². The molecule has 0 radical (unpaired) electrons. The van der Waals surface area contributed by atoms with Gasteiger partial charge in [0.15, 0.2) is 11.3 Å². The summed E-state index contributed by atoms with van der Waals surface area (Å²) in [5.41, 5.74) is 7.44. The molecular formula is C23H23N7. The third kappa shape index (κ3) is 3.14. The van der Waals surface area contributed by atoms with E-state index in [1.54, 1.807) is 0 Å². The lowest BCUT2D eigenvalue weighted by Crippen LogP contribution is -2.07. The first-order valence-corrected chi connectivity index (χ1v) is 9.80. The summed E-state index contributed by atoms with van der Waals surface area (Å²) in [5, 5.41) is 0. The molecule has 5 aromatic rings. The van der Waals surface area contributed by atoms with E-state index in [0.29, 0.717) is 11.3 Å². The van der Waals surface area contributed by atoms with E-state index < -0.39 is 0 Å². The minimum absolute atomic E-state index is 0.662. The number of H-pyrrole nitrogens is 2. The summed E-state index contributed by atoms with van der Waals surface area (Å²) in [6.45, 7) is 0. The Bertz CT molecular complexity index is 1170. The summed E-state index contributed by atoms with van der Waals surface area (Å²) < 4.78 is 0. The van der Waals surface area contributed by atoms with E-state index in [-0.39, 0.29) is 0 Å². The predicted molar refractivity (Wildman–Crippen MR) is 123 cm³/mol. The van der Waals surface area contributed by atoms with Crippen LogP contribution in [0.4, 0.5) is 11.4 Å². The number of nitrogens with one attached hydrogen (secondary N) is 2. The van der Waals surface area contributed by atoms with Crippen LogP contribution in [0.3, 0.4) is 0 Å². The first-order chi connectivity index (χ1) is 14.5. The Morgan fingerprint density at radius 2 is 0.967 bits per heavy atom. The van der Waals surface area contributed by atoms with Gasteiger partial charge in [-0.15, -0.1) is 0 Å². The normalized spacial score (nSPS) is 11.3. The van der Waals surface area contributed by atoms with Crippen LogP contribution in [0.2, 0.25) is 0 Å². The van der Waals surface area contributed by atoms with Crippen molar-refractivity contribution in [1.29, 1.82) is 0 Å². The lowest BCUT2D eigenvalue weighted by molar-refractivity contribution is 1.13. The first-order valence-electron chi connectivity index (χ1n) is 9.80. The number of rotatable bonds is 4. The van der Waals surface area contributed by atoms with Gasteiger partial charge in [-0.3, -0.25) is 0 Å². The van der Waals surface area contributed by atoms with Crippen LogP contribution in [0.25, 0.3) is 45.1 Å². The van der Waals surface area contributed by atoms with Gasteiger partial charge in [0.2, 0.25) is 0 Å². The maximum absolute atomic E-state index is 4.68. The number of anilines is 2. The van der Waals surface area contributed by atoms with Crippen molar-refractivity contribution >= 4 is 33.7 Å². The van der Waals surface area contributed by atoms with Crippen LogP contribution in [-0.4, -0.2) is 53.1 Å². The van der Waals surface area contributed by atoms with Gasteiger partial charge in [0.25, 0.3) is 0 Å². The second kappa shape index (κ2) is 6.88. The number of imidazole rings is 2. The largest absolute Gasteiger partial charge is 0.378 e. The molecule has 0 amide bonds. The lowest BCUT2D eigenvalue weighted by Gasteiger charge is -2.12. The molecular weight excluding hydrogens is 374 g/mol. The third-order valence-corrected chi connectivity index (χ3v) is 5.24. The third-order valence-electron chi connectivity index (χ3n) is 5.24. The van der Waals surface area contributed by atoms with Crippen molar-refractivity contribution in [3.8, 4) is 22.8 Å². The topological polar surface area (TPSA) is 76.7 Å². The highest BCUT2D eigenvalue weighted by Gasteiger charge is 2.12. The van der Waals surface area contributed by atoms with E-state index >= 15 is 0 Å². The van der Waals surface area contributed by atoms with Crippen LogP contribution >= 0.6 is 0 Å². The Morgan fingerprint density at radius 3 is 1.33 bits per heavy atom. The molecule has 0 aliphatic heterocycles. The second-order valence-electron chi connectivity index (χ2n) is 7.78. The quantitative estimate of drug-likeness (QED) is 0.473. The van der Waals surface area contributed by atoms with Crippen molar-refractivity contribution in [3.63, 3.8) is 0 Å². The van der Waals surface area contributed by atoms with Crippen LogP contribution < -0.4 is 9.80 Å². The molecule has 0 fully saturated rings. The number of hydrogen-bond donors (Lipinski definition) is 2. The predicted octanol–water partition coefficient (Wildman–Crippen LogP) is 4.30. The molecule has 30 heavy (non-hydrogen) atoms. The smallest absolute Gasteiger partial charge is 0.180 e. The van der Waals surface area contributed by atoms with E-state index in [1.165, 1.54) is 0 Å².